The first-order valence-electron chi connectivity index (χ1n) is 6.70. The molecule has 0 bridgehead atoms. The summed E-state index contributed by atoms with van der Waals surface area (Å²) < 4.78 is 5.52. The first-order valence-corrected chi connectivity index (χ1v) is 6.70. The van der Waals surface area contributed by atoms with Gasteiger partial charge in [-0.3, -0.25) is 0 Å². The molecule has 98 valence electrons. The molecule has 0 aromatic rings. The zero-order chi connectivity index (χ0) is 13.1. The average molecular weight is 248 g/mol. The SMILES string of the molecule is C=C1C(=O)O[C@@H]2[C@@H]1CC[C@@]1(C)[C@@H]2C(=C)CC[C@@H]1O. The highest BCUT2D eigenvalue weighted by Crippen LogP contribution is 2.57. The van der Waals surface area contributed by atoms with Crippen LogP contribution in [-0.4, -0.2) is 23.3 Å². The molecule has 3 aliphatic rings. The van der Waals surface area contributed by atoms with Gasteiger partial charge in [0, 0.05) is 22.8 Å². The minimum absolute atomic E-state index is 0.0863. The summed E-state index contributed by atoms with van der Waals surface area (Å²) in [6.45, 7) is 10.1. The molecule has 1 saturated heterocycles. The van der Waals surface area contributed by atoms with Crippen molar-refractivity contribution in [2.24, 2.45) is 17.3 Å². The Morgan fingerprint density at radius 3 is 2.83 bits per heavy atom. The van der Waals surface area contributed by atoms with E-state index in [9.17, 15) is 9.90 Å². The lowest BCUT2D eigenvalue weighted by Crippen LogP contribution is -2.53. The van der Waals surface area contributed by atoms with E-state index in [1.165, 1.54) is 0 Å². The van der Waals surface area contributed by atoms with Crippen LogP contribution in [0.4, 0.5) is 0 Å². The van der Waals surface area contributed by atoms with Crippen LogP contribution in [0, 0.1) is 17.3 Å². The van der Waals surface area contributed by atoms with Gasteiger partial charge in [-0.05, 0) is 25.7 Å². The molecule has 2 aliphatic carbocycles. The Morgan fingerprint density at radius 2 is 2.11 bits per heavy atom. The van der Waals surface area contributed by atoms with Gasteiger partial charge in [-0.25, -0.2) is 4.79 Å². The lowest BCUT2D eigenvalue weighted by atomic mass is 9.54. The smallest absolute Gasteiger partial charge is 0.334 e. The highest BCUT2D eigenvalue weighted by molar-refractivity contribution is 5.91. The van der Waals surface area contributed by atoms with Crippen molar-refractivity contribution in [2.75, 3.05) is 0 Å². The number of ether oxygens (including phenoxy) is 1. The van der Waals surface area contributed by atoms with Crippen LogP contribution in [-0.2, 0) is 9.53 Å². The maximum atomic E-state index is 11.7. The Morgan fingerprint density at radius 1 is 1.39 bits per heavy atom. The van der Waals surface area contributed by atoms with Gasteiger partial charge in [0.1, 0.15) is 6.10 Å². The number of aliphatic hydroxyl groups excluding tert-OH is 1. The van der Waals surface area contributed by atoms with Crippen LogP contribution in [0.5, 0.6) is 0 Å². The molecule has 0 aromatic carbocycles. The molecule has 0 unspecified atom stereocenters. The van der Waals surface area contributed by atoms with E-state index in [0.29, 0.717) is 5.57 Å². The van der Waals surface area contributed by atoms with Crippen molar-refractivity contribution in [1.82, 2.24) is 0 Å². The van der Waals surface area contributed by atoms with Crippen molar-refractivity contribution < 1.29 is 14.6 Å². The normalized spacial score (nSPS) is 47.6. The fraction of sp³-hybridized carbons (Fsp3) is 0.667. The number of fused-ring (bicyclic) bond motifs is 3. The van der Waals surface area contributed by atoms with Gasteiger partial charge in [0.25, 0.3) is 0 Å². The molecule has 0 spiro atoms. The van der Waals surface area contributed by atoms with E-state index in [1.54, 1.807) is 0 Å². The Balaban J connectivity index is 2.00. The number of hydrogen-bond acceptors (Lipinski definition) is 3. The summed E-state index contributed by atoms with van der Waals surface area (Å²) in [4.78, 5) is 11.7. The summed E-state index contributed by atoms with van der Waals surface area (Å²) in [6.07, 6.45) is 2.93. The molecule has 1 aliphatic heterocycles. The molecule has 1 heterocycles. The van der Waals surface area contributed by atoms with Gasteiger partial charge < -0.3 is 9.84 Å². The van der Waals surface area contributed by atoms with Crippen LogP contribution in [0.15, 0.2) is 24.3 Å². The van der Waals surface area contributed by atoms with Gasteiger partial charge in [0.2, 0.25) is 0 Å². The van der Waals surface area contributed by atoms with Crippen molar-refractivity contribution in [3.05, 3.63) is 24.3 Å². The third kappa shape index (κ3) is 1.37. The molecular formula is C15H20O3. The van der Waals surface area contributed by atoms with Crippen LogP contribution >= 0.6 is 0 Å². The highest BCUT2D eigenvalue weighted by atomic mass is 16.6. The number of esters is 1. The molecule has 3 rings (SSSR count). The largest absolute Gasteiger partial charge is 0.458 e. The highest BCUT2D eigenvalue weighted by Gasteiger charge is 2.57. The van der Waals surface area contributed by atoms with E-state index >= 15 is 0 Å². The van der Waals surface area contributed by atoms with Crippen LogP contribution in [0.2, 0.25) is 0 Å². The number of carbonyl (C=O) groups excluding carboxylic acids is 1. The maximum Gasteiger partial charge on any atom is 0.334 e. The van der Waals surface area contributed by atoms with E-state index < -0.39 is 0 Å². The zero-order valence-corrected chi connectivity index (χ0v) is 10.8. The summed E-state index contributed by atoms with van der Waals surface area (Å²) >= 11 is 0. The first kappa shape index (κ1) is 12.0. The molecular weight excluding hydrogens is 228 g/mol. The van der Waals surface area contributed by atoms with Gasteiger partial charge in [-0.15, -0.1) is 0 Å². The predicted octanol–water partition coefficient (Wildman–Crippen LogP) is 2.21. The fourth-order valence-electron chi connectivity index (χ4n) is 4.15. The first-order chi connectivity index (χ1) is 8.45. The Hall–Kier alpha value is -1.09. The van der Waals surface area contributed by atoms with Crippen LogP contribution in [0.25, 0.3) is 0 Å². The zero-order valence-electron chi connectivity index (χ0n) is 10.8. The number of rotatable bonds is 0. The van der Waals surface area contributed by atoms with E-state index in [4.69, 9.17) is 4.74 Å². The predicted molar refractivity (Wildman–Crippen MR) is 67.7 cm³/mol. The quantitative estimate of drug-likeness (QED) is 0.406. The molecule has 0 aromatic heterocycles. The molecule has 3 heteroatoms. The Bertz CT molecular complexity index is 439. The van der Waals surface area contributed by atoms with Gasteiger partial charge in [0.15, 0.2) is 0 Å². The third-order valence-electron chi connectivity index (χ3n) is 5.32. The summed E-state index contributed by atoms with van der Waals surface area (Å²) in [6, 6.07) is 0. The van der Waals surface area contributed by atoms with Crippen LogP contribution in [0.1, 0.15) is 32.6 Å². The minimum atomic E-state index is -0.318. The number of aliphatic hydroxyl groups is 1. The van der Waals surface area contributed by atoms with Gasteiger partial charge in [-0.2, -0.15) is 0 Å². The minimum Gasteiger partial charge on any atom is -0.458 e. The molecule has 5 atom stereocenters. The van der Waals surface area contributed by atoms with E-state index in [2.05, 4.69) is 20.1 Å². The van der Waals surface area contributed by atoms with Gasteiger partial charge in [-0.1, -0.05) is 25.7 Å². The molecule has 18 heavy (non-hydrogen) atoms. The van der Waals surface area contributed by atoms with Crippen molar-refractivity contribution in [3.63, 3.8) is 0 Å². The van der Waals surface area contributed by atoms with E-state index in [-0.39, 0.29) is 35.4 Å². The van der Waals surface area contributed by atoms with Crippen molar-refractivity contribution >= 4 is 5.97 Å². The molecule has 3 fully saturated rings. The summed E-state index contributed by atoms with van der Waals surface area (Å²) in [5.74, 6) is -0.0528. The summed E-state index contributed by atoms with van der Waals surface area (Å²) in [5.41, 5.74) is 1.54. The average Bonchev–Trinajstić information content (AvgIpc) is 2.60. The standard InChI is InChI=1S/C15H20O3/c1-8-4-5-11(16)15(3)7-6-10-9(2)14(17)18-13(10)12(8)15/h10-13,16H,1-2,4-7H2,3H3/t10-,11+,12-,13-,15-/m1/s1. The molecule has 0 radical (unpaired) electrons. The van der Waals surface area contributed by atoms with Crippen molar-refractivity contribution in [1.29, 1.82) is 0 Å². The topological polar surface area (TPSA) is 46.5 Å². The Kier molecular flexibility index (Phi) is 2.46. The lowest BCUT2D eigenvalue weighted by Gasteiger charge is -2.52. The maximum absolute atomic E-state index is 11.7. The van der Waals surface area contributed by atoms with Crippen LogP contribution in [0.3, 0.4) is 0 Å². The number of carbonyl (C=O) groups is 1. The van der Waals surface area contributed by atoms with Gasteiger partial charge >= 0.3 is 5.97 Å². The second-order valence-corrected chi connectivity index (χ2v) is 6.24. The monoisotopic (exact) mass is 248 g/mol. The van der Waals surface area contributed by atoms with E-state index in [1.807, 2.05) is 0 Å². The summed E-state index contributed by atoms with van der Waals surface area (Å²) in [5, 5.41) is 10.3. The summed E-state index contributed by atoms with van der Waals surface area (Å²) in [7, 11) is 0. The van der Waals surface area contributed by atoms with E-state index in [0.717, 1.165) is 31.3 Å². The second kappa shape index (κ2) is 3.70. The molecule has 0 amide bonds. The fourth-order valence-corrected chi connectivity index (χ4v) is 4.15. The molecule has 1 N–H and O–H groups in total. The second-order valence-electron chi connectivity index (χ2n) is 6.24. The number of hydrogen-bond donors (Lipinski definition) is 1. The van der Waals surface area contributed by atoms with Gasteiger partial charge in [0.05, 0.1) is 6.10 Å². The van der Waals surface area contributed by atoms with Crippen molar-refractivity contribution in [2.45, 2.75) is 44.8 Å². The van der Waals surface area contributed by atoms with Crippen LogP contribution < -0.4 is 0 Å². The lowest BCUT2D eigenvalue weighted by molar-refractivity contribution is -0.150. The molecule has 3 nitrogen and oxygen atoms in total. The Labute approximate surface area is 108 Å². The van der Waals surface area contributed by atoms with Crippen molar-refractivity contribution in [3.8, 4) is 0 Å². The third-order valence-corrected chi connectivity index (χ3v) is 5.32. The molecule has 2 saturated carbocycles.